The zero-order chi connectivity index (χ0) is 11.7. The molecule has 0 unspecified atom stereocenters. The molecule has 0 aliphatic rings. The van der Waals surface area contributed by atoms with Crippen LogP contribution in [0.4, 0.5) is 0 Å². The van der Waals surface area contributed by atoms with Crippen molar-refractivity contribution in [1.29, 1.82) is 0 Å². The first-order valence-corrected chi connectivity index (χ1v) is 5.00. The van der Waals surface area contributed by atoms with Gasteiger partial charge in [-0.15, -0.1) is 0 Å². The molecular formula is C11H9ClN2O2. The first kappa shape index (κ1) is 10.7. The molecule has 0 aliphatic carbocycles. The van der Waals surface area contributed by atoms with Crippen molar-refractivity contribution in [3.63, 3.8) is 0 Å². The van der Waals surface area contributed by atoms with Gasteiger partial charge in [-0.25, -0.2) is 9.78 Å². The molecule has 82 valence electrons. The lowest BCUT2D eigenvalue weighted by Crippen LogP contribution is -2.00. The number of H-pyrrole nitrogens is 1. The highest BCUT2D eigenvalue weighted by atomic mass is 35.5. The van der Waals surface area contributed by atoms with Crippen molar-refractivity contribution < 1.29 is 9.90 Å². The number of hydrogen-bond acceptors (Lipinski definition) is 2. The Balaban J connectivity index is 2.53. The van der Waals surface area contributed by atoms with E-state index in [-0.39, 0.29) is 5.69 Å². The van der Waals surface area contributed by atoms with Crippen LogP contribution in [-0.2, 0) is 0 Å². The normalized spacial score (nSPS) is 10.4. The number of carboxylic acids is 1. The molecule has 0 aliphatic heterocycles. The van der Waals surface area contributed by atoms with Crippen LogP contribution in [0.5, 0.6) is 0 Å². The molecule has 0 radical (unpaired) electrons. The predicted molar refractivity (Wildman–Crippen MR) is 60.7 cm³/mol. The fourth-order valence-electron chi connectivity index (χ4n) is 1.41. The van der Waals surface area contributed by atoms with Gasteiger partial charge in [0.05, 0.1) is 5.69 Å². The van der Waals surface area contributed by atoms with Gasteiger partial charge in [0.2, 0.25) is 0 Å². The van der Waals surface area contributed by atoms with Gasteiger partial charge in [-0.2, -0.15) is 0 Å². The molecule has 2 heterocycles. The Morgan fingerprint density at radius 3 is 2.75 bits per heavy atom. The zero-order valence-corrected chi connectivity index (χ0v) is 9.25. The first-order valence-electron chi connectivity index (χ1n) is 4.62. The Bertz CT molecular complexity index is 549. The summed E-state index contributed by atoms with van der Waals surface area (Å²) in [4.78, 5) is 17.8. The number of rotatable bonds is 2. The molecule has 2 aromatic rings. The summed E-state index contributed by atoms with van der Waals surface area (Å²) in [5.74, 6) is -1.09. The van der Waals surface area contributed by atoms with Crippen LogP contribution in [-0.4, -0.2) is 21.0 Å². The van der Waals surface area contributed by atoms with Crippen LogP contribution in [0.15, 0.2) is 24.4 Å². The lowest BCUT2D eigenvalue weighted by molar-refractivity contribution is 0.0690. The van der Waals surface area contributed by atoms with Crippen LogP contribution >= 0.6 is 11.6 Å². The third kappa shape index (κ3) is 2.06. The number of aromatic carboxylic acids is 1. The maximum absolute atomic E-state index is 10.8. The van der Waals surface area contributed by atoms with E-state index in [1.807, 2.05) is 13.0 Å². The third-order valence-corrected chi connectivity index (χ3v) is 2.35. The molecule has 2 rings (SSSR count). The van der Waals surface area contributed by atoms with Crippen LogP contribution in [0.25, 0.3) is 11.3 Å². The fraction of sp³-hybridized carbons (Fsp3) is 0.0909. The van der Waals surface area contributed by atoms with Gasteiger partial charge in [0.1, 0.15) is 5.69 Å². The minimum absolute atomic E-state index is 0.0543. The summed E-state index contributed by atoms with van der Waals surface area (Å²) in [5, 5.41) is 9.22. The molecule has 0 amide bonds. The smallest absolute Gasteiger partial charge is 0.354 e. The van der Waals surface area contributed by atoms with E-state index < -0.39 is 5.97 Å². The molecule has 5 heteroatoms. The van der Waals surface area contributed by atoms with Crippen molar-refractivity contribution in [3.05, 3.63) is 40.8 Å². The number of carbonyl (C=O) groups is 1. The van der Waals surface area contributed by atoms with Crippen molar-refractivity contribution in [2.24, 2.45) is 0 Å². The highest BCUT2D eigenvalue weighted by Crippen LogP contribution is 2.22. The number of hydrogen-bond donors (Lipinski definition) is 2. The molecule has 0 atom stereocenters. The number of aromatic nitrogens is 2. The highest BCUT2D eigenvalue weighted by molar-refractivity contribution is 6.31. The molecule has 0 spiro atoms. The minimum Gasteiger partial charge on any atom is -0.477 e. The maximum Gasteiger partial charge on any atom is 0.354 e. The van der Waals surface area contributed by atoms with Crippen molar-refractivity contribution in [1.82, 2.24) is 9.97 Å². The van der Waals surface area contributed by atoms with Crippen LogP contribution in [0.3, 0.4) is 0 Å². The summed E-state index contributed by atoms with van der Waals surface area (Å²) >= 11 is 5.84. The van der Waals surface area contributed by atoms with E-state index in [0.717, 1.165) is 11.3 Å². The van der Waals surface area contributed by atoms with E-state index in [1.165, 1.54) is 6.07 Å². The summed E-state index contributed by atoms with van der Waals surface area (Å²) in [6.07, 6.45) is 1.76. The summed E-state index contributed by atoms with van der Waals surface area (Å²) in [7, 11) is 0. The second-order valence-electron chi connectivity index (χ2n) is 3.43. The van der Waals surface area contributed by atoms with Gasteiger partial charge in [0, 0.05) is 22.5 Å². The Morgan fingerprint density at radius 2 is 2.19 bits per heavy atom. The summed E-state index contributed by atoms with van der Waals surface area (Å²) < 4.78 is 0. The summed E-state index contributed by atoms with van der Waals surface area (Å²) in [6.45, 7) is 1.91. The Kier molecular flexibility index (Phi) is 2.66. The molecule has 16 heavy (non-hydrogen) atoms. The van der Waals surface area contributed by atoms with Crippen molar-refractivity contribution in [2.45, 2.75) is 6.92 Å². The quantitative estimate of drug-likeness (QED) is 0.843. The second kappa shape index (κ2) is 3.98. The Hall–Kier alpha value is -1.81. The van der Waals surface area contributed by atoms with Gasteiger partial charge in [0.15, 0.2) is 0 Å². The minimum atomic E-state index is -1.09. The fourth-order valence-corrected chi connectivity index (χ4v) is 1.62. The molecule has 2 aromatic heterocycles. The van der Waals surface area contributed by atoms with E-state index >= 15 is 0 Å². The standard InChI is InChI=1S/C11H9ClN2O2/c1-6-2-7(5-13-6)9-3-8(12)4-10(14-9)11(15)16/h2-5,13H,1H3,(H,15,16). The number of aryl methyl sites for hydroxylation is 1. The van der Waals surface area contributed by atoms with Crippen molar-refractivity contribution in [3.8, 4) is 11.3 Å². The highest BCUT2D eigenvalue weighted by Gasteiger charge is 2.10. The van der Waals surface area contributed by atoms with Gasteiger partial charge < -0.3 is 10.1 Å². The molecular weight excluding hydrogens is 228 g/mol. The molecule has 0 saturated carbocycles. The van der Waals surface area contributed by atoms with Crippen LogP contribution < -0.4 is 0 Å². The molecule has 0 bridgehead atoms. The number of aromatic amines is 1. The zero-order valence-electron chi connectivity index (χ0n) is 8.49. The van der Waals surface area contributed by atoms with Gasteiger partial charge >= 0.3 is 5.97 Å². The van der Waals surface area contributed by atoms with Gasteiger partial charge in [-0.05, 0) is 25.1 Å². The van der Waals surface area contributed by atoms with E-state index in [0.29, 0.717) is 10.7 Å². The number of halogens is 1. The molecule has 0 saturated heterocycles. The van der Waals surface area contributed by atoms with Crippen molar-refractivity contribution >= 4 is 17.6 Å². The molecule has 2 N–H and O–H groups in total. The second-order valence-corrected chi connectivity index (χ2v) is 3.87. The Labute approximate surface area is 96.9 Å². The molecule has 0 aromatic carbocycles. The SMILES string of the molecule is Cc1cc(-c2cc(Cl)cc(C(=O)O)n2)c[nH]1. The monoisotopic (exact) mass is 236 g/mol. The average molecular weight is 237 g/mol. The van der Waals surface area contributed by atoms with Crippen molar-refractivity contribution in [2.75, 3.05) is 0 Å². The van der Waals surface area contributed by atoms with E-state index in [2.05, 4.69) is 9.97 Å². The van der Waals surface area contributed by atoms with Gasteiger partial charge in [-0.3, -0.25) is 0 Å². The lowest BCUT2D eigenvalue weighted by atomic mass is 10.2. The summed E-state index contributed by atoms with van der Waals surface area (Å²) in [5.41, 5.74) is 2.30. The predicted octanol–water partition coefficient (Wildman–Crippen LogP) is 2.74. The number of nitrogens with one attached hydrogen (secondary N) is 1. The van der Waals surface area contributed by atoms with E-state index in [1.54, 1.807) is 12.3 Å². The van der Waals surface area contributed by atoms with Crippen LogP contribution in [0, 0.1) is 6.92 Å². The Morgan fingerprint density at radius 1 is 1.44 bits per heavy atom. The van der Waals surface area contributed by atoms with E-state index in [9.17, 15) is 4.79 Å². The topological polar surface area (TPSA) is 66.0 Å². The molecule has 0 fully saturated rings. The maximum atomic E-state index is 10.8. The lowest BCUT2D eigenvalue weighted by Gasteiger charge is -2.00. The summed E-state index contributed by atoms with van der Waals surface area (Å²) in [6, 6.07) is 4.84. The average Bonchev–Trinajstić information content (AvgIpc) is 2.64. The van der Waals surface area contributed by atoms with Gasteiger partial charge in [-0.1, -0.05) is 11.6 Å². The van der Waals surface area contributed by atoms with Crippen LogP contribution in [0.1, 0.15) is 16.2 Å². The molecule has 4 nitrogen and oxygen atoms in total. The van der Waals surface area contributed by atoms with Gasteiger partial charge in [0.25, 0.3) is 0 Å². The third-order valence-electron chi connectivity index (χ3n) is 2.13. The van der Waals surface area contributed by atoms with E-state index in [4.69, 9.17) is 16.7 Å². The van der Waals surface area contributed by atoms with Crippen LogP contribution in [0.2, 0.25) is 5.02 Å². The number of nitrogens with zero attached hydrogens (tertiary/aromatic N) is 1. The first-order chi connectivity index (χ1) is 7.56. The number of carboxylic acid groups (broad SMARTS) is 1. The largest absolute Gasteiger partial charge is 0.477 e. The number of pyridine rings is 1.